The van der Waals surface area contributed by atoms with E-state index in [1.54, 1.807) is 6.20 Å². The molecule has 0 N–H and O–H groups in total. The van der Waals surface area contributed by atoms with Gasteiger partial charge in [0.1, 0.15) is 0 Å². The summed E-state index contributed by atoms with van der Waals surface area (Å²) in [6.45, 7) is 6.09. The summed E-state index contributed by atoms with van der Waals surface area (Å²) in [7, 11) is 0. The Morgan fingerprint density at radius 2 is 2.00 bits per heavy atom. The lowest BCUT2D eigenvalue weighted by Crippen LogP contribution is -2.15. The normalized spacial score (nSPS) is 16.5. The van der Waals surface area contributed by atoms with E-state index in [-0.39, 0.29) is 17.3 Å². The predicted molar refractivity (Wildman–Crippen MR) is 56.5 cm³/mol. The molecule has 1 fully saturated rings. The number of aromatic nitrogens is 1. The molecule has 1 saturated carbocycles. The fourth-order valence-electron chi connectivity index (χ4n) is 1.43. The number of rotatable bonds is 2. The molecule has 1 aliphatic carbocycles. The van der Waals surface area contributed by atoms with Crippen molar-refractivity contribution in [1.82, 2.24) is 4.98 Å². The van der Waals surface area contributed by atoms with E-state index in [0.29, 0.717) is 5.75 Å². The van der Waals surface area contributed by atoms with Crippen molar-refractivity contribution in [3.63, 3.8) is 0 Å². The van der Waals surface area contributed by atoms with E-state index in [1.165, 1.54) is 6.20 Å². The largest absolute Gasteiger partial charge is 0.487 e. The van der Waals surface area contributed by atoms with Gasteiger partial charge in [-0.05, 0) is 18.3 Å². The van der Waals surface area contributed by atoms with E-state index >= 15 is 0 Å². The second-order valence-electron chi connectivity index (χ2n) is 5.07. The molecule has 0 atom stereocenters. The third kappa shape index (κ3) is 2.28. The third-order valence-corrected chi connectivity index (χ3v) is 2.47. The van der Waals surface area contributed by atoms with Gasteiger partial charge < -0.3 is 4.74 Å². The second-order valence-corrected chi connectivity index (χ2v) is 5.07. The minimum atomic E-state index is -0.352. The van der Waals surface area contributed by atoms with Crippen LogP contribution >= 0.6 is 0 Å². The van der Waals surface area contributed by atoms with E-state index in [4.69, 9.17) is 4.74 Å². The van der Waals surface area contributed by atoms with Gasteiger partial charge in [0, 0.05) is 11.8 Å². The molecular weight excluding hydrogens is 193 g/mol. The summed E-state index contributed by atoms with van der Waals surface area (Å²) in [4.78, 5) is 3.88. The summed E-state index contributed by atoms with van der Waals surface area (Å²) >= 11 is 0. The molecule has 0 bridgehead atoms. The molecule has 3 heteroatoms. The fraction of sp³-hybridized carbons (Fsp3) is 0.583. The van der Waals surface area contributed by atoms with Gasteiger partial charge in [-0.3, -0.25) is 4.98 Å². The number of hydrogen-bond donors (Lipinski definition) is 0. The summed E-state index contributed by atoms with van der Waals surface area (Å²) in [5, 5.41) is 0. The second kappa shape index (κ2) is 3.47. The summed E-state index contributed by atoms with van der Waals surface area (Å²) in [6.07, 6.45) is 5.19. The van der Waals surface area contributed by atoms with Crippen LogP contribution in [0.1, 0.15) is 39.2 Å². The molecule has 0 saturated heterocycles. The molecule has 2 nitrogen and oxygen atoms in total. The average molecular weight is 209 g/mol. The molecule has 0 amide bonds. The van der Waals surface area contributed by atoms with E-state index in [1.807, 2.05) is 20.8 Å². The van der Waals surface area contributed by atoms with Gasteiger partial charge in [0.05, 0.1) is 12.3 Å². The third-order valence-electron chi connectivity index (χ3n) is 2.47. The Hall–Kier alpha value is -1.12. The number of nitrogens with zero attached hydrogens (tertiary/aromatic N) is 1. The monoisotopic (exact) mass is 209 g/mol. The lowest BCUT2D eigenvalue weighted by Gasteiger charge is -2.22. The topological polar surface area (TPSA) is 22.1 Å². The molecule has 1 heterocycles. The molecule has 0 radical (unpaired) electrons. The van der Waals surface area contributed by atoms with Crippen molar-refractivity contribution < 1.29 is 9.13 Å². The molecule has 0 unspecified atom stereocenters. The zero-order valence-electron chi connectivity index (χ0n) is 9.38. The van der Waals surface area contributed by atoms with Crippen LogP contribution in [-0.4, -0.2) is 11.1 Å². The van der Waals surface area contributed by atoms with Crippen LogP contribution in [0, 0.1) is 5.82 Å². The van der Waals surface area contributed by atoms with Gasteiger partial charge >= 0.3 is 0 Å². The van der Waals surface area contributed by atoms with Crippen LogP contribution in [0.2, 0.25) is 0 Å². The van der Waals surface area contributed by atoms with E-state index in [9.17, 15) is 4.39 Å². The molecule has 82 valence electrons. The van der Waals surface area contributed by atoms with Gasteiger partial charge in [0.15, 0.2) is 11.6 Å². The van der Waals surface area contributed by atoms with Crippen LogP contribution in [0.5, 0.6) is 5.75 Å². The minimum Gasteiger partial charge on any atom is -0.487 e. The van der Waals surface area contributed by atoms with Gasteiger partial charge in [0.25, 0.3) is 0 Å². The smallest absolute Gasteiger partial charge is 0.183 e. The van der Waals surface area contributed by atoms with Crippen LogP contribution < -0.4 is 4.74 Å². The number of ether oxygens (including phenoxy) is 1. The first-order chi connectivity index (χ1) is 6.98. The van der Waals surface area contributed by atoms with E-state index in [2.05, 4.69) is 4.98 Å². The Morgan fingerprint density at radius 1 is 1.33 bits per heavy atom. The lowest BCUT2D eigenvalue weighted by molar-refractivity contribution is 0.278. The lowest BCUT2D eigenvalue weighted by atomic mass is 9.87. The number of halogens is 1. The van der Waals surface area contributed by atoms with E-state index in [0.717, 1.165) is 18.4 Å². The van der Waals surface area contributed by atoms with Crippen molar-refractivity contribution in [2.45, 2.75) is 45.1 Å². The highest BCUT2D eigenvalue weighted by atomic mass is 19.1. The highest BCUT2D eigenvalue weighted by molar-refractivity contribution is 5.37. The van der Waals surface area contributed by atoms with Crippen LogP contribution in [-0.2, 0) is 5.41 Å². The SMILES string of the molecule is CC(C)(C)c1cncc(F)c1OC1CC1. The van der Waals surface area contributed by atoms with Gasteiger partial charge in [-0.15, -0.1) is 0 Å². The van der Waals surface area contributed by atoms with Crippen molar-refractivity contribution in [3.05, 3.63) is 23.8 Å². The van der Waals surface area contributed by atoms with Crippen molar-refractivity contribution >= 4 is 0 Å². The number of pyridine rings is 1. The van der Waals surface area contributed by atoms with Gasteiger partial charge in [-0.2, -0.15) is 0 Å². The Kier molecular flexibility index (Phi) is 2.41. The predicted octanol–water partition coefficient (Wildman–Crippen LogP) is 3.06. The Bertz CT molecular complexity index is 366. The first-order valence-corrected chi connectivity index (χ1v) is 5.29. The molecule has 0 aliphatic heterocycles. The molecule has 1 aliphatic rings. The maximum absolute atomic E-state index is 13.6. The fourth-order valence-corrected chi connectivity index (χ4v) is 1.43. The molecule has 0 aromatic carbocycles. The van der Waals surface area contributed by atoms with Crippen molar-refractivity contribution in [2.24, 2.45) is 0 Å². The summed E-state index contributed by atoms with van der Waals surface area (Å²) in [6, 6.07) is 0. The number of hydrogen-bond acceptors (Lipinski definition) is 2. The average Bonchev–Trinajstić information content (AvgIpc) is 2.90. The standard InChI is InChI=1S/C12H16FNO/c1-12(2,3)9-6-14-7-10(13)11(9)15-8-4-5-8/h6-8H,4-5H2,1-3H3. The Labute approximate surface area is 89.5 Å². The first-order valence-electron chi connectivity index (χ1n) is 5.29. The molecule has 15 heavy (non-hydrogen) atoms. The summed E-state index contributed by atoms with van der Waals surface area (Å²) in [5.74, 6) is 0.0364. The molecule has 2 rings (SSSR count). The zero-order chi connectivity index (χ0) is 11.1. The zero-order valence-corrected chi connectivity index (χ0v) is 9.38. The van der Waals surface area contributed by atoms with Crippen LogP contribution in [0.3, 0.4) is 0 Å². The van der Waals surface area contributed by atoms with Gasteiger partial charge in [-0.25, -0.2) is 4.39 Å². The van der Waals surface area contributed by atoms with Gasteiger partial charge in [0.2, 0.25) is 0 Å². The highest BCUT2D eigenvalue weighted by Gasteiger charge is 2.29. The first kappa shape index (κ1) is 10.4. The van der Waals surface area contributed by atoms with Crippen LogP contribution in [0.25, 0.3) is 0 Å². The van der Waals surface area contributed by atoms with E-state index < -0.39 is 0 Å². The Balaban J connectivity index is 2.38. The van der Waals surface area contributed by atoms with Crippen molar-refractivity contribution in [3.8, 4) is 5.75 Å². The minimum absolute atomic E-state index is 0.140. The van der Waals surface area contributed by atoms with Crippen molar-refractivity contribution in [1.29, 1.82) is 0 Å². The molecule has 0 spiro atoms. The molecular formula is C12H16FNO. The molecule has 1 aromatic heterocycles. The summed E-state index contributed by atoms with van der Waals surface area (Å²) in [5.41, 5.74) is 0.702. The maximum atomic E-state index is 13.6. The maximum Gasteiger partial charge on any atom is 0.183 e. The van der Waals surface area contributed by atoms with Crippen molar-refractivity contribution in [2.75, 3.05) is 0 Å². The Morgan fingerprint density at radius 3 is 2.53 bits per heavy atom. The van der Waals surface area contributed by atoms with Gasteiger partial charge in [-0.1, -0.05) is 20.8 Å². The molecule has 1 aromatic rings. The summed E-state index contributed by atoms with van der Waals surface area (Å²) < 4.78 is 19.2. The van der Waals surface area contributed by atoms with Crippen LogP contribution in [0.15, 0.2) is 12.4 Å². The quantitative estimate of drug-likeness (QED) is 0.746. The van der Waals surface area contributed by atoms with Crippen LogP contribution in [0.4, 0.5) is 4.39 Å². The highest BCUT2D eigenvalue weighted by Crippen LogP contribution is 2.36.